The smallest absolute Gasteiger partial charge is 0.221 e. The van der Waals surface area contributed by atoms with Gasteiger partial charge in [-0.3, -0.25) is 9.69 Å². The van der Waals surface area contributed by atoms with Crippen molar-refractivity contribution in [2.24, 2.45) is 0 Å². The van der Waals surface area contributed by atoms with Crippen molar-refractivity contribution >= 4 is 16.8 Å². The Morgan fingerprint density at radius 1 is 1.08 bits per heavy atom. The second-order valence-electron chi connectivity index (χ2n) is 6.56. The molecule has 3 aromatic rings. The summed E-state index contributed by atoms with van der Waals surface area (Å²) in [6.45, 7) is 5.42. The average Bonchev–Trinajstić information content (AvgIpc) is 3.09. The molecule has 0 saturated carbocycles. The van der Waals surface area contributed by atoms with Crippen LogP contribution >= 0.6 is 0 Å². The van der Waals surface area contributed by atoms with Crippen LogP contribution in [0.5, 0.6) is 0 Å². The van der Waals surface area contributed by atoms with Gasteiger partial charge in [0.2, 0.25) is 5.91 Å². The first-order chi connectivity index (χ1) is 12.8. The highest BCUT2D eigenvalue weighted by atomic mass is 16.1. The number of aromatic amines is 1. The fraction of sp³-hybridized carbons (Fsp3) is 0.318. The van der Waals surface area contributed by atoms with Crippen LogP contribution in [-0.4, -0.2) is 35.4 Å². The molecule has 0 bridgehead atoms. The third kappa shape index (κ3) is 4.96. The first kappa shape index (κ1) is 18.2. The molecule has 0 unspecified atom stereocenters. The number of carbonyl (C=O) groups excluding carboxylic acids is 1. The zero-order valence-corrected chi connectivity index (χ0v) is 15.4. The maximum absolute atomic E-state index is 12.2. The summed E-state index contributed by atoms with van der Waals surface area (Å²) in [4.78, 5) is 17.7. The molecule has 4 nitrogen and oxygen atoms in total. The first-order valence-corrected chi connectivity index (χ1v) is 9.34. The van der Waals surface area contributed by atoms with Crippen LogP contribution in [0.3, 0.4) is 0 Å². The monoisotopic (exact) mass is 349 g/mol. The molecule has 1 amide bonds. The van der Waals surface area contributed by atoms with Crippen LogP contribution in [0.1, 0.15) is 24.5 Å². The van der Waals surface area contributed by atoms with Crippen molar-refractivity contribution in [3.8, 4) is 0 Å². The van der Waals surface area contributed by atoms with Gasteiger partial charge in [-0.15, -0.1) is 0 Å². The van der Waals surface area contributed by atoms with Crippen molar-refractivity contribution in [3.05, 3.63) is 71.9 Å². The lowest BCUT2D eigenvalue weighted by atomic mass is 10.1. The fourth-order valence-corrected chi connectivity index (χ4v) is 3.21. The number of hydrogen-bond acceptors (Lipinski definition) is 2. The van der Waals surface area contributed by atoms with Crippen molar-refractivity contribution in [3.63, 3.8) is 0 Å². The third-order valence-corrected chi connectivity index (χ3v) is 4.74. The second kappa shape index (κ2) is 9.20. The lowest BCUT2D eigenvalue weighted by Gasteiger charge is -2.20. The van der Waals surface area contributed by atoms with Gasteiger partial charge in [0.25, 0.3) is 0 Å². The average molecular weight is 349 g/mol. The SMILES string of the molecule is CCN(CCC(=O)NCCc1c[nH]c2ccccc12)Cc1ccccc1. The Morgan fingerprint density at radius 3 is 2.65 bits per heavy atom. The van der Waals surface area contributed by atoms with Gasteiger partial charge in [0, 0.05) is 43.2 Å². The van der Waals surface area contributed by atoms with Crippen LogP contribution in [0.2, 0.25) is 0 Å². The molecule has 2 N–H and O–H groups in total. The summed E-state index contributed by atoms with van der Waals surface area (Å²) in [6, 6.07) is 18.7. The first-order valence-electron chi connectivity index (χ1n) is 9.34. The van der Waals surface area contributed by atoms with Crippen molar-refractivity contribution in [2.45, 2.75) is 26.3 Å². The lowest BCUT2D eigenvalue weighted by molar-refractivity contribution is -0.121. The number of nitrogens with zero attached hydrogens (tertiary/aromatic N) is 1. The Hall–Kier alpha value is -2.59. The topological polar surface area (TPSA) is 48.1 Å². The predicted octanol–water partition coefficient (Wildman–Crippen LogP) is 3.74. The Bertz CT molecular complexity index is 826. The van der Waals surface area contributed by atoms with Gasteiger partial charge in [-0.25, -0.2) is 0 Å². The zero-order valence-electron chi connectivity index (χ0n) is 15.4. The minimum Gasteiger partial charge on any atom is -0.361 e. The largest absolute Gasteiger partial charge is 0.361 e. The lowest BCUT2D eigenvalue weighted by Crippen LogP contribution is -2.31. The molecule has 1 aromatic heterocycles. The van der Waals surface area contributed by atoms with E-state index >= 15 is 0 Å². The van der Waals surface area contributed by atoms with E-state index in [1.165, 1.54) is 16.5 Å². The van der Waals surface area contributed by atoms with Crippen LogP contribution in [-0.2, 0) is 17.8 Å². The van der Waals surface area contributed by atoms with Crippen LogP contribution < -0.4 is 5.32 Å². The predicted molar refractivity (Wildman–Crippen MR) is 107 cm³/mol. The molecule has 0 aliphatic heterocycles. The molecule has 0 fully saturated rings. The molecule has 0 aliphatic carbocycles. The molecule has 0 spiro atoms. The summed E-state index contributed by atoms with van der Waals surface area (Å²) in [5.41, 5.74) is 3.68. The summed E-state index contributed by atoms with van der Waals surface area (Å²) in [7, 11) is 0. The minimum atomic E-state index is 0.122. The van der Waals surface area contributed by atoms with E-state index in [9.17, 15) is 4.79 Å². The van der Waals surface area contributed by atoms with Crippen LogP contribution in [0.25, 0.3) is 10.9 Å². The van der Waals surface area contributed by atoms with E-state index < -0.39 is 0 Å². The number of rotatable bonds is 9. The Kier molecular flexibility index (Phi) is 6.45. The molecule has 0 atom stereocenters. The van der Waals surface area contributed by atoms with Gasteiger partial charge >= 0.3 is 0 Å². The molecule has 0 radical (unpaired) electrons. The van der Waals surface area contributed by atoms with E-state index in [0.29, 0.717) is 13.0 Å². The Morgan fingerprint density at radius 2 is 1.85 bits per heavy atom. The van der Waals surface area contributed by atoms with E-state index in [-0.39, 0.29) is 5.91 Å². The van der Waals surface area contributed by atoms with Crippen LogP contribution in [0, 0.1) is 0 Å². The van der Waals surface area contributed by atoms with Crippen molar-refractivity contribution < 1.29 is 4.79 Å². The number of amides is 1. The van der Waals surface area contributed by atoms with Crippen molar-refractivity contribution in [1.29, 1.82) is 0 Å². The third-order valence-electron chi connectivity index (χ3n) is 4.74. The molecule has 1 heterocycles. The Labute approximate surface area is 155 Å². The van der Waals surface area contributed by atoms with E-state index in [1.807, 2.05) is 24.4 Å². The number of fused-ring (bicyclic) bond motifs is 1. The number of aromatic nitrogens is 1. The fourth-order valence-electron chi connectivity index (χ4n) is 3.21. The number of carbonyl (C=O) groups is 1. The van der Waals surface area contributed by atoms with Gasteiger partial charge in [0.1, 0.15) is 0 Å². The molecule has 0 saturated heterocycles. The molecule has 4 heteroatoms. The highest BCUT2D eigenvalue weighted by Crippen LogP contribution is 2.17. The summed E-state index contributed by atoms with van der Waals surface area (Å²) < 4.78 is 0. The number of nitrogens with one attached hydrogen (secondary N) is 2. The molecular weight excluding hydrogens is 322 g/mol. The van der Waals surface area contributed by atoms with E-state index in [1.54, 1.807) is 0 Å². The second-order valence-corrected chi connectivity index (χ2v) is 6.56. The zero-order chi connectivity index (χ0) is 18.2. The van der Waals surface area contributed by atoms with Gasteiger partial charge in [-0.2, -0.15) is 0 Å². The molecule has 26 heavy (non-hydrogen) atoms. The quantitative estimate of drug-likeness (QED) is 0.618. The van der Waals surface area contributed by atoms with Crippen LogP contribution in [0.15, 0.2) is 60.8 Å². The molecular formula is C22H27N3O. The summed E-state index contributed by atoms with van der Waals surface area (Å²) in [5, 5.41) is 4.29. The highest BCUT2D eigenvalue weighted by molar-refractivity contribution is 5.83. The minimum absolute atomic E-state index is 0.122. The molecule has 136 valence electrons. The number of hydrogen-bond donors (Lipinski definition) is 2. The molecule has 3 rings (SSSR count). The number of benzene rings is 2. The van der Waals surface area contributed by atoms with E-state index in [2.05, 4.69) is 58.5 Å². The normalized spacial score (nSPS) is 11.2. The molecule has 0 aliphatic rings. The van der Waals surface area contributed by atoms with Gasteiger partial charge in [0.05, 0.1) is 0 Å². The number of para-hydroxylation sites is 1. The van der Waals surface area contributed by atoms with Crippen molar-refractivity contribution in [1.82, 2.24) is 15.2 Å². The van der Waals surface area contributed by atoms with E-state index in [4.69, 9.17) is 0 Å². The van der Waals surface area contributed by atoms with Crippen molar-refractivity contribution in [2.75, 3.05) is 19.6 Å². The maximum Gasteiger partial charge on any atom is 0.221 e. The van der Waals surface area contributed by atoms with Crippen LogP contribution in [0.4, 0.5) is 0 Å². The Balaban J connectivity index is 1.41. The van der Waals surface area contributed by atoms with Gasteiger partial charge in [0.15, 0.2) is 0 Å². The highest BCUT2D eigenvalue weighted by Gasteiger charge is 2.08. The number of H-pyrrole nitrogens is 1. The summed E-state index contributed by atoms with van der Waals surface area (Å²) >= 11 is 0. The van der Waals surface area contributed by atoms with E-state index in [0.717, 1.165) is 31.6 Å². The molecule has 2 aromatic carbocycles. The van der Waals surface area contributed by atoms with Gasteiger partial charge in [-0.05, 0) is 30.2 Å². The standard InChI is InChI=1S/C22H27N3O/c1-2-25(17-18-8-4-3-5-9-18)15-13-22(26)23-14-12-19-16-24-21-11-7-6-10-20(19)21/h3-11,16,24H,2,12-15,17H2,1H3,(H,23,26). The summed E-state index contributed by atoms with van der Waals surface area (Å²) in [5.74, 6) is 0.122. The van der Waals surface area contributed by atoms with Gasteiger partial charge < -0.3 is 10.3 Å². The van der Waals surface area contributed by atoms with Gasteiger partial charge in [-0.1, -0.05) is 55.5 Å². The summed E-state index contributed by atoms with van der Waals surface area (Å²) in [6.07, 6.45) is 3.42. The maximum atomic E-state index is 12.2.